The van der Waals surface area contributed by atoms with E-state index >= 15 is 0 Å². The second-order valence-electron chi connectivity index (χ2n) is 4.48. The van der Waals surface area contributed by atoms with Crippen LogP contribution in [0.1, 0.15) is 31.1 Å². The molecule has 15 heavy (non-hydrogen) atoms. The van der Waals surface area contributed by atoms with Gasteiger partial charge in [-0.2, -0.15) is 0 Å². The number of rotatable bonds is 1. The zero-order chi connectivity index (χ0) is 11.1. The quantitative estimate of drug-likeness (QED) is 0.738. The van der Waals surface area contributed by atoms with Crippen molar-refractivity contribution in [1.82, 2.24) is 0 Å². The molecule has 0 aromatic heterocycles. The van der Waals surface area contributed by atoms with Gasteiger partial charge in [0.2, 0.25) is 0 Å². The van der Waals surface area contributed by atoms with Crippen LogP contribution in [0.2, 0.25) is 0 Å². The molecule has 0 amide bonds. The van der Waals surface area contributed by atoms with Gasteiger partial charge in [-0.05, 0) is 32.9 Å². The van der Waals surface area contributed by atoms with Gasteiger partial charge in [-0.1, -0.05) is 6.07 Å². The Hall–Kier alpha value is -0.960. The second-order valence-corrected chi connectivity index (χ2v) is 6.23. The van der Waals surface area contributed by atoms with Crippen molar-refractivity contribution >= 4 is 23.2 Å². The standard InChI is InChI=1S/C12H15NOS/c1-8(14)9-4-5-11-10(6-9)13-7-12(2,3)15-11/h4-6,13H,7H2,1-3H3. The van der Waals surface area contributed by atoms with Crippen molar-refractivity contribution in [3.63, 3.8) is 0 Å². The number of nitrogens with one attached hydrogen (secondary N) is 1. The zero-order valence-corrected chi connectivity index (χ0v) is 10.1. The first-order chi connectivity index (χ1) is 6.98. The number of hydrogen-bond acceptors (Lipinski definition) is 3. The van der Waals surface area contributed by atoms with Crippen LogP contribution in [0.3, 0.4) is 0 Å². The minimum absolute atomic E-state index is 0.120. The van der Waals surface area contributed by atoms with E-state index in [9.17, 15) is 4.79 Å². The molecule has 0 radical (unpaired) electrons. The molecule has 0 atom stereocenters. The molecule has 1 aromatic rings. The molecule has 3 heteroatoms. The number of ketones is 1. The van der Waals surface area contributed by atoms with Gasteiger partial charge >= 0.3 is 0 Å². The Morgan fingerprint density at radius 3 is 2.87 bits per heavy atom. The molecule has 0 fully saturated rings. The van der Waals surface area contributed by atoms with Crippen LogP contribution in [0, 0.1) is 0 Å². The lowest BCUT2D eigenvalue weighted by Crippen LogP contribution is -2.30. The van der Waals surface area contributed by atoms with Crippen LogP contribution in [-0.4, -0.2) is 17.1 Å². The van der Waals surface area contributed by atoms with Crippen molar-refractivity contribution in [1.29, 1.82) is 0 Å². The molecular formula is C12H15NOS. The van der Waals surface area contributed by atoms with Gasteiger partial charge in [0.25, 0.3) is 0 Å². The lowest BCUT2D eigenvalue weighted by molar-refractivity contribution is 0.101. The van der Waals surface area contributed by atoms with Crippen LogP contribution in [-0.2, 0) is 0 Å². The highest BCUT2D eigenvalue weighted by molar-refractivity contribution is 8.00. The van der Waals surface area contributed by atoms with Crippen molar-refractivity contribution in [2.24, 2.45) is 0 Å². The number of Topliss-reactive ketones (excluding diaryl/α,β-unsaturated/α-hetero) is 1. The molecule has 0 saturated heterocycles. The van der Waals surface area contributed by atoms with E-state index in [1.807, 2.05) is 30.0 Å². The van der Waals surface area contributed by atoms with Crippen LogP contribution < -0.4 is 5.32 Å². The molecule has 0 bridgehead atoms. The first kappa shape index (κ1) is 10.6. The van der Waals surface area contributed by atoms with Crippen LogP contribution in [0.5, 0.6) is 0 Å². The molecule has 1 aliphatic rings. The van der Waals surface area contributed by atoms with E-state index in [2.05, 4.69) is 19.2 Å². The smallest absolute Gasteiger partial charge is 0.159 e. The summed E-state index contributed by atoms with van der Waals surface area (Å²) < 4.78 is 0.227. The van der Waals surface area contributed by atoms with Crippen molar-refractivity contribution < 1.29 is 4.79 Å². The summed E-state index contributed by atoms with van der Waals surface area (Å²) in [6, 6.07) is 5.88. The van der Waals surface area contributed by atoms with Gasteiger partial charge in [0.1, 0.15) is 0 Å². The number of hydrogen-bond donors (Lipinski definition) is 1. The molecule has 0 spiro atoms. The SMILES string of the molecule is CC(=O)c1ccc2c(c1)NCC(C)(C)S2. The monoisotopic (exact) mass is 221 g/mol. The molecule has 1 aliphatic heterocycles. The first-order valence-corrected chi connectivity index (χ1v) is 5.87. The van der Waals surface area contributed by atoms with Gasteiger partial charge in [-0.3, -0.25) is 4.79 Å². The fourth-order valence-corrected chi connectivity index (χ4v) is 2.73. The normalized spacial score (nSPS) is 17.8. The number of fused-ring (bicyclic) bond motifs is 1. The fourth-order valence-electron chi connectivity index (χ4n) is 1.62. The Morgan fingerprint density at radius 1 is 1.47 bits per heavy atom. The third-order valence-corrected chi connectivity index (χ3v) is 3.75. The largest absolute Gasteiger partial charge is 0.383 e. The van der Waals surface area contributed by atoms with Gasteiger partial charge in [0.15, 0.2) is 5.78 Å². The Labute approximate surface area is 94.4 Å². The molecule has 0 saturated carbocycles. The summed E-state index contributed by atoms with van der Waals surface area (Å²) >= 11 is 1.86. The molecule has 80 valence electrons. The van der Waals surface area contributed by atoms with Crippen LogP contribution in [0.25, 0.3) is 0 Å². The Balaban J connectivity index is 2.36. The van der Waals surface area contributed by atoms with E-state index in [-0.39, 0.29) is 10.5 Å². The van der Waals surface area contributed by atoms with E-state index in [0.29, 0.717) is 0 Å². The molecule has 2 rings (SSSR count). The highest BCUT2D eigenvalue weighted by Crippen LogP contribution is 2.41. The molecule has 1 heterocycles. The van der Waals surface area contributed by atoms with Gasteiger partial charge in [0.05, 0.1) is 0 Å². The van der Waals surface area contributed by atoms with E-state index in [4.69, 9.17) is 0 Å². The van der Waals surface area contributed by atoms with Gasteiger partial charge in [-0.25, -0.2) is 0 Å². The fraction of sp³-hybridized carbons (Fsp3) is 0.417. The van der Waals surface area contributed by atoms with Crippen LogP contribution in [0.4, 0.5) is 5.69 Å². The molecule has 1 aromatic carbocycles. The Kier molecular flexibility index (Phi) is 2.51. The predicted octanol–water partition coefficient (Wildman–Crippen LogP) is 3.19. The lowest BCUT2D eigenvalue weighted by Gasteiger charge is -2.31. The minimum atomic E-state index is 0.120. The summed E-state index contributed by atoms with van der Waals surface area (Å²) in [5.41, 5.74) is 1.87. The number of carbonyl (C=O) groups is 1. The summed E-state index contributed by atoms with van der Waals surface area (Å²) in [6.07, 6.45) is 0. The summed E-state index contributed by atoms with van der Waals surface area (Å²) in [5, 5.41) is 3.38. The molecule has 2 nitrogen and oxygen atoms in total. The van der Waals surface area contributed by atoms with Gasteiger partial charge in [-0.15, -0.1) is 11.8 Å². The van der Waals surface area contributed by atoms with E-state index in [1.54, 1.807) is 6.92 Å². The maximum atomic E-state index is 11.2. The first-order valence-electron chi connectivity index (χ1n) is 5.06. The van der Waals surface area contributed by atoms with Crippen molar-refractivity contribution in [2.75, 3.05) is 11.9 Å². The van der Waals surface area contributed by atoms with Crippen LogP contribution >= 0.6 is 11.8 Å². The van der Waals surface area contributed by atoms with Crippen molar-refractivity contribution in [3.05, 3.63) is 23.8 Å². The summed E-state index contributed by atoms with van der Waals surface area (Å²) in [6.45, 7) is 6.96. The summed E-state index contributed by atoms with van der Waals surface area (Å²) in [5.74, 6) is 0.120. The average molecular weight is 221 g/mol. The Bertz CT molecular complexity index is 412. The van der Waals surface area contributed by atoms with Gasteiger partial charge in [0, 0.05) is 27.4 Å². The predicted molar refractivity (Wildman–Crippen MR) is 64.9 cm³/mol. The highest BCUT2D eigenvalue weighted by atomic mass is 32.2. The zero-order valence-electron chi connectivity index (χ0n) is 9.26. The molecule has 0 aliphatic carbocycles. The highest BCUT2D eigenvalue weighted by Gasteiger charge is 2.25. The van der Waals surface area contributed by atoms with E-state index < -0.39 is 0 Å². The lowest BCUT2D eigenvalue weighted by atomic mass is 10.1. The van der Waals surface area contributed by atoms with Crippen molar-refractivity contribution in [3.8, 4) is 0 Å². The van der Waals surface area contributed by atoms with E-state index in [1.165, 1.54) is 4.90 Å². The summed E-state index contributed by atoms with van der Waals surface area (Å²) in [7, 11) is 0. The maximum absolute atomic E-state index is 11.2. The number of carbonyl (C=O) groups excluding carboxylic acids is 1. The number of thioether (sulfide) groups is 1. The third kappa shape index (κ3) is 2.17. The number of benzene rings is 1. The second kappa shape index (κ2) is 3.56. The maximum Gasteiger partial charge on any atom is 0.159 e. The van der Waals surface area contributed by atoms with Crippen molar-refractivity contribution in [2.45, 2.75) is 30.4 Å². The minimum Gasteiger partial charge on any atom is -0.383 e. The third-order valence-electron chi connectivity index (χ3n) is 2.48. The van der Waals surface area contributed by atoms with Gasteiger partial charge < -0.3 is 5.32 Å². The van der Waals surface area contributed by atoms with Crippen LogP contribution in [0.15, 0.2) is 23.1 Å². The average Bonchev–Trinajstić information content (AvgIpc) is 2.15. The molecule has 0 unspecified atom stereocenters. The topological polar surface area (TPSA) is 29.1 Å². The number of anilines is 1. The van der Waals surface area contributed by atoms with E-state index in [0.717, 1.165) is 17.8 Å². The summed E-state index contributed by atoms with van der Waals surface area (Å²) in [4.78, 5) is 12.5. The molecule has 1 N–H and O–H groups in total. The molecular weight excluding hydrogens is 206 g/mol. The Morgan fingerprint density at radius 2 is 2.20 bits per heavy atom.